The summed E-state index contributed by atoms with van der Waals surface area (Å²) < 4.78 is 5.83. The van der Waals surface area contributed by atoms with Crippen molar-refractivity contribution in [2.24, 2.45) is 0 Å². The number of nitro benzene ring substituents is 1. The maximum atomic E-state index is 10.9. The number of halogens is 1. The molecule has 0 heterocycles. The molecule has 0 aliphatic carbocycles. The summed E-state index contributed by atoms with van der Waals surface area (Å²) >= 11 is 1.88. The summed E-state index contributed by atoms with van der Waals surface area (Å²) in [7, 11) is 0. The summed E-state index contributed by atoms with van der Waals surface area (Å²) in [5.74, 6) is 0.150. The molecule has 1 aromatic carbocycles. The molecule has 0 unspecified atom stereocenters. The van der Waals surface area contributed by atoms with Gasteiger partial charge in [0, 0.05) is 12.5 Å². The minimum absolute atomic E-state index is 0.150. The maximum absolute atomic E-state index is 10.9. The molecular weight excluding hydrogens is 349 g/mol. The van der Waals surface area contributed by atoms with Crippen LogP contribution in [0.1, 0.15) is 18.4 Å². The molecule has 0 radical (unpaired) electrons. The number of nitriles is 2. The summed E-state index contributed by atoms with van der Waals surface area (Å²) in [6.07, 6.45) is 0.838. The highest BCUT2D eigenvalue weighted by molar-refractivity contribution is 14.1. The number of nitrogens with zero attached hydrogens (tertiary/aromatic N) is 3. The lowest BCUT2D eigenvalue weighted by Crippen LogP contribution is -2.02. The lowest BCUT2D eigenvalue weighted by molar-refractivity contribution is -0.386. The van der Waals surface area contributed by atoms with Gasteiger partial charge in [0.25, 0.3) is 0 Å². The van der Waals surface area contributed by atoms with Crippen molar-refractivity contribution >= 4 is 28.3 Å². The van der Waals surface area contributed by atoms with Gasteiger partial charge in [0.15, 0.2) is 0 Å². The Morgan fingerprint density at radius 1 is 1.44 bits per heavy atom. The maximum Gasteiger partial charge on any atom is 0.313 e. The molecular formula is C11H8IN3O3. The van der Waals surface area contributed by atoms with Gasteiger partial charge in [-0.1, -0.05) is 0 Å². The molecule has 18 heavy (non-hydrogen) atoms. The summed E-state index contributed by atoms with van der Waals surface area (Å²) in [6, 6.07) is 6.53. The van der Waals surface area contributed by atoms with Crippen LogP contribution in [-0.2, 0) is 0 Å². The molecule has 0 spiro atoms. The fraction of sp³-hybridized carbons (Fsp3) is 0.273. The molecule has 1 aromatic rings. The highest BCUT2D eigenvalue weighted by Gasteiger charge is 2.20. The average molecular weight is 357 g/mol. The predicted molar refractivity (Wildman–Crippen MR) is 70.9 cm³/mol. The standard InChI is InChI=1S/C11H8IN3O3/c12-9-5-8(7-14)6-10(15(16)17)11(9)18-4-2-1-3-13/h5-6H,1-2,4H2. The normalized spacial score (nSPS) is 9.28. The van der Waals surface area contributed by atoms with E-state index in [-0.39, 0.29) is 23.6 Å². The lowest BCUT2D eigenvalue weighted by atomic mass is 10.2. The van der Waals surface area contributed by atoms with Crippen LogP contribution in [0.2, 0.25) is 0 Å². The van der Waals surface area contributed by atoms with Crippen molar-refractivity contribution in [2.75, 3.05) is 6.61 Å². The van der Waals surface area contributed by atoms with Crippen molar-refractivity contribution < 1.29 is 9.66 Å². The first-order valence-electron chi connectivity index (χ1n) is 4.98. The quantitative estimate of drug-likeness (QED) is 0.349. The Morgan fingerprint density at radius 3 is 2.72 bits per heavy atom. The summed E-state index contributed by atoms with van der Waals surface area (Å²) in [4.78, 5) is 10.3. The SMILES string of the molecule is N#CCCCOc1c(I)cc(C#N)cc1[N+](=O)[O-]. The van der Waals surface area contributed by atoms with E-state index in [1.807, 2.05) is 34.7 Å². The number of hydrogen-bond donors (Lipinski definition) is 0. The van der Waals surface area contributed by atoms with Crippen molar-refractivity contribution in [1.82, 2.24) is 0 Å². The zero-order valence-electron chi connectivity index (χ0n) is 9.22. The van der Waals surface area contributed by atoms with Crippen LogP contribution in [0.15, 0.2) is 12.1 Å². The topological polar surface area (TPSA) is 99.9 Å². The van der Waals surface area contributed by atoms with Crippen molar-refractivity contribution in [3.05, 3.63) is 31.4 Å². The molecule has 0 aliphatic rings. The third-order valence-electron chi connectivity index (χ3n) is 2.03. The molecule has 1 rings (SSSR count). The van der Waals surface area contributed by atoms with E-state index in [9.17, 15) is 10.1 Å². The van der Waals surface area contributed by atoms with Gasteiger partial charge in [-0.15, -0.1) is 0 Å². The monoisotopic (exact) mass is 357 g/mol. The molecule has 0 aliphatic heterocycles. The summed E-state index contributed by atoms with van der Waals surface area (Å²) in [5.41, 5.74) is -0.00844. The molecule has 0 aromatic heterocycles. The first-order chi connectivity index (χ1) is 8.60. The van der Waals surface area contributed by atoms with Crippen LogP contribution in [0.4, 0.5) is 5.69 Å². The molecule has 7 heteroatoms. The minimum atomic E-state index is -0.581. The molecule has 0 saturated carbocycles. The number of unbranched alkanes of at least 4 members (excludes halogenated alkanes) is 1. The molecule has 0 saturated heterocycles. The Kier molecular flexibility index (Phi) is 5.33. The van der Waals surface area contributed by atoms with E-state index in [1.54, 1.807) is 0 Å². The molecule has 0 atom stereocenters. The number of hydrogen-bond acceptors (Lipinski definition) is 5. The van der Waals surface area contributed by atoms with Crippen LogP contribution in [0.25, 0.3) is 0 Å². The van der Waals surface area contributed by atoms with Crippen LogP contribution in [0.3, 0.4) is 0 Å². The Morgan fingerprint density at radius 2 is 2.17 bits per heavy atom. The van der Waals surface area contributed by atoms with Crippen LogP contribution < -0.4 is 4.74 Å². The highest BCUT2D eigenvalue weighted by Crippen LogP contribution is 2.33. The molecule has 92 valence electrons. The Hall–Kier alpha value is -1.87. The Bertz CT molecular complexity index is 546. The van der Waals surface area contributed by atoms with Gasteiger partial charge >= 0.3 is 5.69 Å². The highest BCUT2D eigenvalue weighted by atomic mass is 127. The van der Waals surface area contributed by atoms with Gasteiger partial charge < -0.3 is 4.74 Å². The molecule has 0 bridgehead atoms. The van der Waals surface area contributed by atoms with E-state index in [0.717, 1.165) is 0 Å². The Balaban J connectivity index is 2.99. The molecule has 6 nitrogen and oxygen atoms in total. The van der Waals surface area contributed by atoms with Crippen molar-refractivity contribution in [3.63, 3.8) is 0 Å². The van der Waals surface area contributed by atoms with Gasteiger partial charge in [-0.2, -0.15) is 10.5 Å². The van der Waals surface area contributed by atoms with E-state index < -0.39 is 4.92 Å². The van der Waals surface area contributed by atoms with E-state index in [4.69, 9.17) is 15.3 Å². The van der Waals surface area contributed by atoms with Gasteiger partial charge in [-0.05, 0) is 35.1 Å². The first-order valence-corrected chi connectivity index (χ1v) is 6.05. The summed E-state index contributed by atoms with van der Waals surface area (Å²) in [6.45, 7) is 0.232. The van der Waals surface area contributed by atoms with Gasteiger partial charge in [0.1, 0.15) is 0 Å². The Labute approximate surface area is 117 Å². The second kappa shape index (κ2) is 6.77. The van der Waals surface area contributed by atoms with Crippen LogP contribution in [0, 0.1) is 36.3 Å². The van der Waals surface area contributed by atoms with E-state index >= 15 is 0 Å². The number of benzene rings is 1. The van der Waals surface area contributed by atoms with Gasteiger partial charge in [-0.25, -0.2) is 0 Å². The van der Waals surface area contributed by atoms with Gasteiger partial charge in [0.2, 0.25) is 5.75 Å². The lowest BCUT2D eigenvalue weighted by Gasteiger charge is -2.08. The molecule has 0 fully saturated rings. The minimum Gasteiger partial charge on any atom is -0.486 e. The number of nitro groups is 1. The van der Waals surface area contributed by atoms with Crippen molar-refractivity contribution in [2.45, 2.75) is 12.8 Å². The van der Waals surface area contributed by atoms with E-state index in [2.05, 4.69) is 0 Å². The third-order valence-corrected chi connectivity index (χ3v) is 2.83. The second-order valence-electron chi connectivity index (χ2n) is 3.29. The summed E-state index contributed by atoms with van der Waals surface area (Å²) in [5, 5.41) is 28.0. The smallest absolute Gasteiger partial charge is 0.313 e. The molecule has 0 amide bonds. The van der Waals surface area contributed by atoms with Crippen molar-refractivity contribution in [1.29, 1.82) is 10.5 Å². The fourth-order valence-electron chi connectivity index (χ4n) is 1.25. The number of ether oxygens (including phenoxy) is 1. The third kappa shape index (κ3) is 3.57. The fourth-order valence-corrected chi connectivity index (χ4v) is 2.01. The zero-order chi connectivity index (χ0) is 13.5. The van der Waals surface area contributed by atoms with Gasteiger partial charge in [0.05, 0.1) is 32.8 Å². The van der Waals surface area contributed by atoms with Crippen LogP contribution >= 0.6 is 22.6 Å². The second-order valence-corrected chi connectivity index (χ2v) is 4.45. The largest absolute Gasteiger partial charge is 0.486 e. The van der Waals surface area contributed by atoms with E-state index in [1.165, 1.54) is 12.1 Å². The van der Waals surface area contributed by atoms with E-state index in [0.29, 0.717) is 16.4 Å². The van der Waals surface area contributed by atoms with Gasteiger partial charge in [-0.3, -0.25) is 10.1 Å². The first kappa shape index (κ1) is 14.2. The van der Waals surface area contributed by atoms with Crippen LogP contribution in [-0.4, -0.2) is 11.5 Å². The molecule has 0 N–H and O–H groups in total. The van der Waals surface area contributed by atoms with Crippen molar-refractivity contribution in [3.8, 4) is 17.9 Å². The van der Waals surface area contributed by atoms with Crippen LogP contribution in [0.5, 0.6) is 5.75 Å². The predicted octanol–water partition coefficient (Wildman–Crippen LogP) is 2.75. The zero-order valence-corrected chi connectivity index (χ0v) is 11.4. The number of rotatable bonds is 5. The average Bonchev–Trinajstić information content (AvgIpc) is 2.35.